The first kappa shape index (κ1) is 19.2. The fraction of sp³-hybridized carbons (Fsp3) is 0.261. The molecule has 1 fully saturated rings. The lowest BCUT2D eigenvalue weighted by Crippen LogP contribution is -2.42. The predicted molar refractivity (Wildman–Crippen MR) is 120 cm³/mol. The van der Waals surface area contributed by atoms with E-state index in [9.17, 15) is 0 Å². The van der Waals surface area contributed by atoms with Crippen LogP contribution in [0.5, 0.6) is 5.75 Å². The Morgan fingerprint density at radius 2 is 1.97 bits per heavy atom. The monoisotopic (exact) mass is 415 g/mol. The Balaban J connectivity index is 1.37. The minimum absolute atomic E-state index is 0.343. The zero-order chi connectivity index (χ0) is 21.4. The fourth-order valence-electron chi connectivity index (χ4n) is 3.98. The number of hydrogen-bond acceptors (Lipinski definition) is 6. The van der Waals surface area contributed by atoms with Crippen molar-refractivity contribution in [1.82, 2.24) is 24.3 Å². The summed E-state index contributed by atoms with van der Waals surface area (Å²) in [6.07, 6.45) is 4.86. The summed E-state index contributed by atoms with van der Waals surface area (Å²) in [5.74, 6) is 2.16. The summed E-state index contributed by atoms with van der Waals surface area (Å²) in [6.45, 7) is 2.93. The molecule has 3 heterocycles. The van der Waals surface area contributed by atoms with Gasteiger partial charge < -0.3 is 19.5 Å². The van der Waals surface area contributed by atoms with E-state index in [2.05, 4.69) is 44.6 Å². The molecule has 5 rings (SSSR count). The maximum absolute atomic E-state index is 5.60. The molecule has 0 spiro atoms. The number of imidazole rings is 1. The van der Waals surface area contributed by atoms with Crippen molar-refractivity contribution < 1.29 is 4.74 Å². The number of aryl methyl sites for hydroxylation is 2. The van der Waals surface area contributed by atoms with E-state index in [0.29, 0.717) is 12.0 Å². The Morgan fingerprint density at radius 3 is 2.65 bits per heavy atom. The summed E-state index contributed by atoms with van der Waals surface area (Å²) in [5.41, 5.74) is 4.04. The van der Waals surface area contributed by atoms with E-state index in [1.165, 1.54) is 5.56 Å². The van der Waals surface area contributed by atoms with E-state index >= 15 is 0 Å². The van der Waals surface area contributed by atoms with E-state index < -0.39 is 0 Å². The Bertz CT molecular complexity index is 1200. The fourth-order valence-corrected chi connectivity index (χ4v) is 3.98. The molecule has 8 heteroatoms. The van der Waals surface area contributed by atoms with Gasteiger partial charge >= 0.3 is 0 Å². The van der Waals surface area contributed by atoms with Gasteiger partial charge in [-0.15, -0.1) is 5.10 Å². The SMILES string of the molecule is COc1cc(Nc2nc(N3CCC3c3ccccc3)n(C)n2)ccc1-n1cnc(C)c1. The highest BCUT2D eigenvalue weighted by Crippen LogP contribution is 2.37. The number of aromatic nitrogens is 5. The average Bonchev–Trinajstić information content (AvgIpc) is 3.33. The van der Waals surface area contributed by atoms with Crippen molar-refractivity contribution in [3.8, 4) is 11.4 Å². The number of methoxy groups -OCH3 is 1. The van der Waals surface area contributed by atoms with Gasteiger partial charge in [-0.25, -0.2) is 9.67 Å². The summed E-state index contributed by atoms with van der Waals surface area (Å²) in [5, 5.41) is 7.88. The van der Waals surface area contributed by atoms with Gasteiger partial charge in [-0.05, 0) is 31.0 Å². The number of ether oxygens (including phenoxy) is 1. The molecule has 8 nitrogen and oxygen atoms in total. The molecule has 2 aromatic carbocycles. The van der Waals surface area contributed by atoms with Crippen molar-refractivity contribution in [3.05, 3.63) is 72.3 Å². The number of anilines is 3. The molecule has 0 bridgehead atoms. The van der Waals surface area contributed by atoms with Crippen molar-refractivity contribution in [2.45, 2.75) is 19.4 Å². The van der Waals surface area contributed by atoms with Crippen LogP contribution in [0.4, 0.5) is 17.6 Å². The van der Waals surface area contributed by atoms with Crippen molar-refractivity contribution >= 4 is 17.6 Å². The summed E-state index contributed by atoms with van der Waals surface area (Å²) >= 11 is 0. The first-order valence-corrected chi connectivity index (χ1v) is 10.3. The maximum Gasteiger partial charge on any atom is 0.248 e. The van der Waals surface area contributed by atoms with E-state index in [4.69, 9.17) is 9.72 Å². The topological polar surface area (TPSA) is 73.0 Å². The summed E-state index contributed by atoms with van der Waals surface area (Å²) in [7, 11) is 3.59. The van der Waals surface area contributed by atoms with Crippen LogP contribution in [-0.2, 0) is 7.05 Å². The summed E-state index contributed by atoms with van der Waals surface area (Å²) in [4.78, 5) is 11.3. The lowest BCUT2D eigenvalue weighted by molar-refractivity contribution is 0.413. The van der Waals surface area contributed by atoms with Crippen molar-refractivity contribution in [1.29, 1.82) is 0 Å². The number of rotatable bonds is 6. The Hall–Kier alpha value is -3.81. The highest BCUT2D eigenvalue weighted by atomic mass is 16.5. The van der Waals surface area contributed by atoms with Gasteiger partial charge in [0.2, 0.25) is 11.9 Å². The van der Waals surface area contributed by atoms with Crippen molar-refractivity contribution in [2.75, 3.05) is 23.9 Å². The van der Waals surface area contributed by atoms with Gasteiger partial charge in [0.05, 0.1) is 30.9 Å². The highest BCUT2D eigenvalue weighted by Gasteiger charge is 2.32. The summed E-state index contributed by atoms with van der Waals surface area (Å²) in [6, 6.07) is 16.8. The van der Waals surface area contributed by atoms with Crippen LogP contribution in [0, 0.1) is 6.92 Å². The molecule has 2 aromatic heterocycles. The number of benzene rings is 2. The van der Waals surface area contributed by atoms with Crippen LogP contribution in [0.2, 0.25) is 0 Å². The van der Waals surface area contributed by atoms with Crippen LogP contribution in [-0.4, -0.2) is 38.0 Å². The Labute approximate surface area is 181 Å². The molecule has 31 heavy (non-hydrogen) atoms. The maximum atomic E-state index is 5.60. The van der Waals surface area contributed by atoms with Crippen LogP contribution in [0.3, 0.4) is 0 Å². The second-order valence-electron chi connectivity index (χ2n) is 7.70. The quantitative estimate of drug-likeness (QED) is 0.513. The largest absolute Gasteiger partial charge is 0.494 e. The van der Waals surface area contributed by atoms with Gasteiger partial charge in [0.25, 0.3) is 0 Å². The minimum atomic E-state index is 0.343. The molecule has 1 aliphatic heterocycles. The predicted octanol–water partition coefficient (Wildman–Crippen LogP) is 4.01. The molecule has 1 unspecified atom stereocenters. The van der Waals surface area contributed by atoms with E-state index in [1.54, 1.807) is 13.4 Å². The molecule has 0 saturated carbocycles. The second kappa shape index (κ2) is 7.79. The number of hydrogen-bond donors (Lipinski definition) is 1. The third kappa shape index (κ3) is 3.61. The normalized spacial score (nSPS) is 15.6. The lowest BCUT2D eigenvalue weighted by Gasteiger charge is -2.41. The van der Waals surface area contributed by atoms with Crippen LogP contribution < -0.4 is 15.0 Å². The molecule has 1 atom stereocenters. The van der Waals surface area contributed by atoms with Crippen LogP contribution in [0.15, 0.2) is 61.1 Å². The first-order valence-electron chi connectivity index (χ1n) is 10.3. The third-order valence-electron chi connectivity index (χ3n) is 5.63. The van der Waals surface area contributed by atoms with Crippen molar-refractivity contribution in [2.24, 2.45) is 7.05 Å². The van der Waals surface area contributed by atoms with Gasteiger partial charge in [-0.3, -0.25) is 0 Å². The lowest BCUT2D eigenvalue weighted by atomic mass is 9.95. The minimum Gasteiger partial charge on any atom is -0.494 e. The molecule has 0 amide bonds. The van der Waals surface area contributed by atoms with E-state index in [0.717, 1.165) is 41.7 Å². The first-order chi connectivity index (χ1) is 15.1. The molecule has 1 saturated heterocycles. The average molecular weight is 416 g/mol. The zero-order valence-corrected chi connectivity index (χ0v) is 17.9. The molecular formula is C23H25N7O. The molecule has 158 valence electrons. The van der Waals surface area contributed by atoms with Crippen LogP contribution in [0.25, 0.3) is 5.69 Å². The van der Waals surface area contributed by atoms with Crippen molar-refractivity contribution in [3.63, 3.8) is 0 Å². The third-order valence-corrected chi connectivity index (χ3v) is 5.63. The molecule has 1 aliphatic rings. The van der Waals surface area contributed by atoms with E-state index in [1.807, 2.05) is 53.7 Å². The molecule has 0 radical (unpaired) electrons. The molecule has 0 aliphatic carbocycles. The van der Waals surface area contributed by atoms with Crippen LogP contribution >= 0.6 is 0 Å². The summed E-state index contributed by atoms with van der Waals surface area (Å²) < 4.78 is 9.38. The zero-order valence-electron chi connectivity index (χ0n) is 17.9. The standard InChI is InChI=1S/C23H25N7O/c1-16-14-29(15-24-16)20-10-9-18(13-21(20)31-3)25-22-26-23(28(2)27-22)30-12-11-19(30)17-7-5-4-6-8-17/h4-10,13-15,19H,11-12H2,1-3H3,(H,25,27). The van der Waals surface area contributed by atoms with Gasteiger partial charge in [0.15, 0.2) is 0 Å². The van der Waals surface area contributed by atoms with Crippen LogP contribution in [0.1, 0.15) is 23.7 Å². The van der Waals surface area contributed by atoms with Gasteiger partial charge in [-0.1, -0.05) is 30.3 Å². The number of nitrogens with one attached hydrogen (secondary N) is 1. The van der Waals surface area contributed by atoms with Gasteiger partial charge in [0, 0.05) is 31.5 Å². The van der Waals surface area contributed by atoms with E-state index in [-0.39, 0.29) is 0 Å². The Morgan fingerprint density at radius 1 is 1.13 bits per heavy atom. The smallest absolute Gasteiger partial charge is 0.248 e. The molecule has 1 N–H and O–H groups in total. The van der Waals surface area contributed by atoms with Gasteiger partial charge in [0.1, 0.15) is 5.75 Å². The van der Waals surface area contributed by atoms with Gasteiger partial charge in [-0.2, -0.15) is 4.98 Å². The molecular weight excluding hydrogens is 390 g/mol. The molecule has 4 aromatic rings. The highest BCUT2D eigenvalue weighted by molar-refractivity contribution is 5.62. The Kier molecular flexibility index (Phi) is 4.82. The second-order valence-corrected chi connectivity index (χ2v) is 7.70. The number of nitrogens with zero attached hydrogens (tertiary/aromatic N) is 6.